The molecule has 0 spiro atoms. The van der Waals surface area contributed by atoms with Crippen molar-refractivity contribution in [2.24, 2.45) is 0 Å². The Bertz CT molecular complexity index is 1720. The number of hydrogen-bond acceptors (Lipinski definition) is 6. The summed E-state index contributed by atoms with van der Waals surface area (Å²) >= 11 is 0. The lowest BCUT2D eigenvalue weighted by Crippen LogP contribution is -2.17. The average Bonchev–Trinajstić information content (AvgIpc) is 3.50. The van der Waals surface area contributed by atoms with Crippen LogP contribution in [-0.4, -0.2) is 30.1 Å². The summed E-state index contributed by atoms with van der Waals surface area (Å²) in [6.07, 6.45) is -1.29. The lowest BCUT2D eigenvalue weighted by molar-refractivity contribution is -0.137. The molecule has 6 rings (SSSR count). The molecule has 0 bridgehead atoms. The van der Waals surface area contributed by atoms with Gasteiger partial charge in [-0.3, -0.25) is 5.10 Å². The summed E-state index contributed by atoms with van der Waals surface area (Å²) in [5.74, 6) is 6.06. The van der Waals surface area contributed by atoms with E-state index < -0.39 is 17.7 Å². The summed E-state index contributed by atoms with van der Waals surface area (Å²) in [7, 11) is 0. The van der Waals surface area contributed by atoms with Crippen LogP contribution in [0.3, 0.4) is 0 Å². The summed E-state index contributed by atoms with van der Waals surface area (Å²) in [6, 6.07) is 12.1. The number of rotatable bonds is 2. The van der Waals surface area contributed by atoms with Crippen molar-refractivity contribution in [2.75, 3.05) is 4.90 Å². The Morgan fingerprint density at radius 1 is 0.865 bits per heavy atom. The molecule has 2 aromatic carbocycles. The second kappa shape index (κ2) is 8.67. The Balaban J connectivity index is 1.24. The van der Waals surface area contributed by atoms with Crippen LogP contribution in [0.1, 0.15) is 27.9 Å². The van der Waals surface area contributed by atoms with Crippen LogP contribution >= 0.6 is 0 Å². The fourth-order valence-electron chi connectivity index (χ4n) is 4.08. The highest BCUT2D eigenvalue weighted by atomic mass is 19.4. The topological polar surface area (TPSA) is 83.5 Å². The first kappa shape index (κ1) is 22.6. The molecule has 11 heteroatoms. The third-order valence-electron chi connectivity index (χ3n) is 5.91. The minimum atomic E-state index is -4.40. The van der Waals surface area contributed by atoms with Gasteiger partial charge in [-0.05, 0) is 59.5 Å². The minimum Gasteiger partial charge on any atom is -0.332 e. The Kier molecular flexibility index (Phi) is 5.30. The molecule has 3 aromatic heterocycles. The first-order valence-corrected chi connectivity index (χ1v) is 11.1. The van der Waals surface area contributed by atoms with Crippen molar-refractivity contribution >= 4 is 16.9 Å². The molecule has 37 heavy (non-hydrogen) atoms. The Morgan fingerprint density at radius 2 is 1.70 bits per heavy atom. The normalized spacial score (nSPS) is 12.9. The van der Waals surface area contributed by atoms with Crippen LogP contribution in [0.4, 0.5) is 23.5 Å². The van der Waals surface area contributed by atoms with Crippen molar-refractivity contribution in [1.29, 1.82) is 0 Å². The van der Waals surface area contributed by atoms with Crippen LogP contribution in [0.5, 0.6) is 0 Å². The molecule has 5 aromatic rings. The van der Waals surface area contributed by atoms with Crippen LogP contribution in [0.25, 0.3) is 22.4 Å². The minimum absolute atomic E-state index is 0.261. The van der Waals surface area contributed by atoms with Gasteiger partial charge >= 0.3 is 6.18 Å². The third-order valence-corrected chi connectivity index (χ3v) is 5.91. The highest BCUT2D eigenvalue weighted by Gasteiger charge is 2.32. The van der Waals surface area contributed by atoms with Gasteiger partial charge in [-0.25, -0.2) is 19.9 Å². The monoisotopic (exact) mass is 501 g/mol. The number of benzene rings is 2. The zero-order valence-electron chi connectivity index (χ0n) is 18.9. The van der Waals surface area contributed by atoms with Gasteiger partial charge in [0, 0.05) is 31.0 Å². The van der Waals surface area contributed by atoms with E-state index in [0.29, 0.717) is 51.7 Å². The van der Waals surface area contributed by atoms with Gasteiger partial charge in [0.2, 0.25) is 11.9 Å². The molecule has 0 fully saturated rings. The van der Waals surface area contributed by atoms with E-state index in [-0.39, 0.29) is 6.54 Å². The smallest absolute Gasteiger partial charge is 0.332 e. The van der Waals surface area contributed by atoms with Crippen LogP contribution < -0.4 is 4.90 Å². The number of hydrogen-bond donors (Lipinski definition) is 1. The van der Waals surface area contributed by atoms with Gasteiger partial charge in [0.15, 0.2) is 5.82 Å². The number of fused-ring (bicyclic) bond motifs is 2. The lowest BCUT2D eigenvalue weighted by atomic mass is 10.1. The maximum atomic E-state index is 13.8. The van der Waals surface area contributed by atoms with Gasteiger partial charge in [-0.15, -0.1) is 0 Å². The predicted molar refractivity (Wildman–Crippen MR) is 126 cm³/mol. The zero-order chi connectivity index (χ0) is 25.6. The number of nitrogens with zero attached hydrogens (tertiary/aromatic N) is 6. The van der Waals surface area contributed by atoms with E-state index in [2.05, 4.69) is 42.0 Å². The first-order valence-electron chi connectivity index (χ1n) is 11.1. The van der Waals surface area contributed by atoms with E-state index in [1.807, 2.05) is 0 Å². The molecule has 1 aliphatic heterocycles. The number of anilines is 1. The molecular weight excluding hydrogens is 486 g/mol. The molecule has 0 atom stereocenters. The summed E-state index contributed by atoms with van der Waals surface area (Å²) in [5, 5.41) is 6.50. The van der Waals surface area contributed by atoms with E-state index in [4.69, 9.17) is 0 Å². The predicted octanol–water partition coefficient (Wildman–Crippen LogP) is 4.89. The summed E-state index contributed by atoms with van der Waals surface area (Å²) in [6.45, 7) is 0.654. The van der Waals surface area contributed by atoms with Crippen molar-refractivity contribution in [3.8, 4) is 23.4 Å². The lowest BCUT2D eigenvalue weighted by Gasteiger charge is -2.15. The van der Waals surface area contributed by atoms with Crippen LogP contribution in [0.15, 0.2) is 60.9 Å². The van der Waals surface area contributed by atoms with Crippen LogP contribution in [-0.2, 0) is 19.3 Å². The van der Waals surface area contributed by atoms with Crippen molar-refractivity contribution < 1.29 is 17.6 Å². The van der Waals surface area contributed by atoms with E-state index >= 15 is 0 Å². The van der Waals surface area contributed by atoms with Gasteiger partial charge in [0.05, 0.1) is 16.5 Å². The van der Waals surface area contributed by atoms with Gasteiger partial charge < -0.3 is 4.90 Å². The van der Waals surface area contributed by atoms with Gasteiger partial charge in [0.25, 0.3) is 0 Å². The highest BCUT2D eigenvalue weighted by molar-refractivity contribution is 5.80. The number of halogens is 4. The fourth-order valence-corrected chi connectivity index (χ4v) is 4.08. The van der Waals surface area contributed by atoms with Crippen molar-refractivity contribution in [1.82, 2.24) is 30.1 Å². The van der Waals surface area contributed by atoms with E-state index in [1.54, 1.807) is 47.6 Å². The summed E-state index contributed by atoms with van der Waals surface area (Å²) < 4.78 is 53.0. The number of nitrogens with one attached hydrogen (secondary N) is 1. The number of alkyl halides is 3. The molecule has 1 aliphatic rings. The Hall–Kier alpha value is -4.85. The molecule has 0 saturated heterocycles. The van der Waals surface area contributed by atoms with Crippen molar-refractivity contribution in [3.63, 3.8) is 0 Å². The summed E-state index contributed by atoms with van der Waals surface area (Å²) in [4.78, 5) is 19.4. The molecule has 0 amide bonds. The Morgan fingerprint density at radius 3 is 2.57 bits per heavy atom. The average molecular weight is 501 g/mol. The number of H-pyrrole nitrogens is 1. The molecule has 1 N–H and O–H groups in total. The van der Waals surface area contributed by atoms with E-state index in [1.165, 1.54) is 12.1 Å². The molecule has 182 valence electrons. The first-order chi connectivity index (χ1) is 17.8. The molecule has 0 aliphatic carbocycles. The van der Waals surface area contributed by atoms with Crippen molar-refractivity contribution in [3.05, 3.63) is 94.8 Å². The highest BCUT2D eigenvalue weighted by Crippen LogP contribution is 2.34. The largest absolute Gasteiger partial charge is 0.416 e. The second-order valence-electron chi connectivity index (χ2n) is 8.36. The molecule has 4 heterocycles. The Labute approximate surface area is 207 Å². The molecular formula is C26H15F4N7. The molecule has 0 radical (unpaired) electrons. The molecule has 0 unspecified atom stereocenters. The van der Waals surface area contributed by atoms with E-state index in [0.717, 1.165) is 11.6 Å². The van der Waals surface area contributed by atoms with E-state index in [9.17, 15) is 17.6 Å². The molecule has 0 saturated carbocycles. The maximum absolute atomic E-state index is 13.8. The maximum Gasteiger partial charge on any atom is 0.416 e. The van der Waals surface area contributed by atoms with Crippen molar-refractivity contribution in [2.45, 2.75) is 19.3 Å². The molecule has 7 nitrogen and oxygen atoms in total. The fraction of sp³-hybridized carbons (Fsp3) is 0.115. The number of aromatic amines is 1. The second-order valence-corrected chi connectivity index (χ2v) is 8.36. The summed E-state index contributed by atoms with van der Waals surface area (Å²) in [5.41, 5.74) is 2.70. The third kappa shape index (κ3) is 4.45. The zero-order valence-corrected chi connectivity index (χ0v) is 18.9. The SMILES string of the molecule is Fc1[nH]nc2ccc(C#Cc3ccnc(-c4ccnc(N5Cc6ccc(C(F)(F)F)cc6C5)n4)n3)cc12. The van der Waals surface area contributed by atoms with Gasteiger partial charge in [0.1, 0.15) is 11.4 Å². The number of aromatic nitrogens is 6. The quantitative estimate of drug-likeness (QED) is 0.274. The van der Waals surface area contributed by atoms with Gasteiger partial charge in [-0.2, -0.15) is 22.7 Å². The van der Waals surface area contributed by atoms with Gasteiger partial charge in [-0.1, -0.05) is 12.0 Å². The standard InChI is InChI=1S/C26H15F4N7/c27-23-20-11-15(2-6-21(20)35-36-23)1-5-19-7-9-31-24(33-19)22-8-10-32-25(34-22)37-13-16-3-4-18(26(28,29)30)12-17(16)14-37/h2-4,6-12H,13-14H2,(H,35,36). The van der Waals surface area contributed by atoms with Crippen LogP contribution in [0.2, 0.25) is 0 Å². The van der Waals surface area contributed by atoms with Crippen LogP contribution in [0, 0.1) is 17.8 Å².